The van der Waals surface area contributed by atoms with E-state index in [1.54, 1.807) is 12.1 Å². The van der Waals surface area contributed by atoms with E-state index in [1.165, 1.54) is 0 Å². The molecule has 1 amide bonds. The van der Waals surface area contributed by atoms with Crippen LogP contribution in [0.15, 0.2) is 18.2 Å². The van der Waals surface area contributed by atoms with E-state index in [0.717, 1.165) is 30.2 Å². The molecule has 0 aromatic heterocycles. The number of benzene rings is 1. The number of carbonyl (C=O) groups is 1. The van der Waals surface area contributed by atoms with Crippen LogP contribution in [0.25, 0.3) is 0 Å². The fraction of sp³-hybridized carbons (Fsp3) is 0.462. The van der Waals surface area contributed by atoms with Crippen molar-refractivity contribution in [2.45, 2.75) is 19.4 Å². The molecular formula is C13H17ClN2OS. The van der Waals surface area contributed by atoms with E-state index in [-0.39, 0.29) is 11.9 Å². The second kappa shape index (κ2) is 6.34. The van der Waals surface area contributed by atoms with Crippen molar-refractivity contribution in [2.24, 2.45) is 0 Å². The normalized spacial score (nSPS) is 18.7. The molecule has 0 bridgehead atoms. The Morgan fingerprint density at radius 2 is 2.39 bits per heavy atom. The summed E-state index contributed by atoms with van der Waals surface area (Å²) in [6, 6.07) is 5.65. The number of carbonyl (C=O) groups excluding carboxylic acids is 1. The number of hydrogen-bond acceptors (Lipinski definition) is 3. The summed E-state index contributed by atoms with van der Waals surface area (Å²) in [4.78, 5) is 12.2. The Morgan fingerprint density at radius 3 is 3.06 bits per heavy atom. The van der Waals surface area contributed by atoms with Gasteiger partial charge in [-0.2, -0.15) is 11.8 Å². The van der Waals surface area contributed by atoms with Crippen LogP contribution < -0.4 is 10.6 Å². The zero-order valence-corrected chi connectivity index (χ0v) is 11.9. The second-order valence-corrected chi connectivity index (χ2v) is 5.84. The van der Waals surface area contributed by atoms with Crippen molar-refractivity contribution in [3.05, 3.63) is 28.8 Å². The van der Waals surface area contributed by atoms with Crippen LogP contribution >= 0.6 is 23.4 Å². The van der Waals surface area contributed by atoms with Gasteiger partial charge >= 0.3 is 0 Å². The van der Waals surface area contributed by atoms with Crippen LogP contribution in [0.2, 0.25) is 5.02 Å². The SMILES string of the molecule is CCNc1ccc(Cl)cc1C(=O)NC1CCSC1. The van der Waals surface area contributed by atoms with Gasteiger partial charge in [0.2, 0.25) is 0 Å². The van der Waals surface area contributed by atoms with Crippen LogP contribution in [0.1, 0.15) is 23.7 Å². The minimum atomic E-state index is -0.0408. The van der Waals surface area contributed by atoms with Crippen molar-refractivity contribution in [3.8, 4) is 0 Å². The van der Waals surface area contributed by atoms with Crippen LogP contribution in [-0.2, 0) is 0 Å². The summed E-state index contributed by atoms with van der Waals surface area (Å²) < 4.78 is 0. The first-order chi connectivity index (χ1) is 8.70. The zero-order chi connectivity index (χ0) is 13.0. The lowest BCUT2D eigenvalue weighted by Gasteiger charge is -2.14. The maximum atomic E-state index is 12.2. The predicted molar refractivity (Wildman–Crippen MR) is 78.8 cm³/mol. The van der Waals surface area contributed by atoms with E-state index < -0.39 is 0 Å². The summed E-state index contributed by atoms with van der Waals surface area (Å²) in [6.07, 6.45) is 1.05. The molecule has 98 valence electrons. The molecule has 1 unspecified atom stereocenters. The lowest BCUT2D eigenvalue weighted by Crippen LogP contribution is -2.35. The van der Waals surface area contributed by atoms with Gasteiger partial charge in [-0.25, -0.2) is 0 Å². The van der Waals surface area contributed by atoms with E-state index in [9.17, 15) is 4.79 Å². The fourth-order valence-electron chi connectivity index (χ4n) is 1.96. The molecular weight excluding hydrogens is 268 g/mol. The van der Waals surface area contributed by atoms with Crippen molar-refractivity contribution in [1.29, 1.82) is 0 Å². The minimum Gasteiger partial charge on any atom is -0.385 e. The van der Waals surface area contributed by atoms with Crippen LogP contribution in [0.5, 0.6) is 0 Å². The topological polar surface area (TPSA) is 41.1 Å². The number of rotatable bonds is 4. The fourth-order valence-corrected chi connectivity index (χ4v) is 3.28. The standard InChI is InChI=1S/C13H17ClN2OS/c1-2-15-12-4-3-9(14)7-11(12)13(17)16-10-5-6-18-8-10/h3-4,7,10,15H,2,5-6,8H2,1H3,(H,16,17). The number of anilines is 1. The summed E-state index contributed by atoms with van der Waals surface area (Å²) in [7, 11) is 0. The van der Waals surface area contributed by atoms with Gasteiger partial charge in [-0.1, -0.05) is 11.6 Å². The first kappa shape index (κ1) is 13.6. The molecule has 3 nitrogen and oxygen atoms in total. The van der Waals surface area contributed by atoms with Gasteiger partial charge in [0.05, 0.1) is 5.56 Å². The minimum absolute atomic E-state index is 0.0408. The number of hydrogen-bond donors (Lipinski definition) is 2. The highest BCUT2D eigenvalue weighted by molar-refractivity contribution is 7.99. The molecule has 1 fully saturated rings. The van der Waals surface area contributed by atoms with E-state index in [2.05, 4.69) is 10.6 Å². The first-order valence-electron chi connectivity index (χ1n) is 6.12. The lowest BCUT2D eigenvalue weighted by atomic mass is 10.1. The van der Waals surface area contributed by atoms with Gasteiger partial charge < -0.3 is 10.6 Å². The molecule has 1 aliphatic heterocycles. The van der Waals surface area contributed by atoms with Crippen LogP contribution in [0.4, 0.5) is 5.69 Å². The average molecular weight is 285 g/mol. The van der Waals surface area contributed by atoms with Crippen LogP contribution in [0.3, 0.4) is 0 Å². The zero-order valence-electron chi connectivity index (χ0n) is 10.3. The van der Waals surface area contributed by atoms with Gasteiger partial charge in [0.25, 0.3) is 5.91 Å². The number of thioether (sulfide) groups is 1. The molecule has 0 spiro atoms. The van der Waals surface area contributed by atoms with Crippen LogP contribution in [-0.4, -0.2) is 30.0 Å². The van der Waals surface area contributed by atoms with Crippen molar-refractivity contribution < 1.29 is 4.79 Å². The summed E-state index contributed by atoms with van der Waals surface area (Å²) >= 11 is 7.85. The van der Waals surface area contributed by atoms with E-state index in [0.29, 0.717) is 10.6 Å². The van der Waals surface area contributed by atoms with Crippen LogP contribution in [0, 0.1) is 0 Å². The number of nitrogens with one attached hydrogen (secondary N) is 2. The summed E-state index contributed by atoms with van der Waals surface area (Å²) in [5.41, 5.74) is 1.46. The molecule has 5 heteroatoms. The molecule has 1 saturated heterocycles. The molecule has 1 aliphatic rings. The average Bonchev–Trinajstić information content (AvgIpc) is 2.84. The van der Waals surface area contributed by atoms with E-state index >= 15 is 0 Å². The smallest absolute Gasteiger partial charge is 0.253 e. The van der Waals surface area contributed by atoms with Gasteiger partial charge in [0, 0.05) is 29.0 Å². The van der Waals surface area contributed by atoms with Gasteiger partial charge in [-0.15, -0.1) is 0 Å². The molecule has 0 saturated carbocycles. The van der Waals surface area contributed by atoms with Gasteiger partial charge in [-0.05, 0) is 37.3 Å². The Hall–Kier alpha value is -0.870. The van der Waals surface area contributed by atoms with Gasteiger partial charge in [-0.3, -0.25) is 4.79 Å². The highest BCUT2D eigenvalue weighted by Gasteiger charge is 2.20. The monoisotopic (exact) mass is 284 g/mol. The van der Waals surface area contributed by atoms with Gasteiger partial charge in [0.1, 0.15) is 0 Å². The van der Waals surface area contributed by atoms with E-state index in [4.69, 9.17) is 11.6 Å². The molecule has 2 rings (SSSR count). The molecule has 1 atom stereocenters. The predicted octanol–water partition coefficient (Wildman–Crippen LogP) is 3.01. The summed E-state index contributed by atoms with van der Waals surface area (Å²) in [5, 5.41) is 6.83. The molecule has 1 heterocycles. The molecule has 18 heavy (non-hydrogen) atoms. The number of halogens is 1. The first-order valence-corrected chi connectivity index (χ1v) is 7.66. The van der Waals surface area contributed by atoms with E-state index in [1.807, 2.05) is 24.8 Å². The molecule has 1 aromatic carbocycles. The van der Waals surface area contributed by atoms with Crippen molar-refractivity contribution in [3.63, 3.8) is 0 Å². The maximum Gasteiger partial charge on any atom is 0.253 e. The molecule has 2 N–H and O–H groups in total. The number of amides is 1. The largest absolute Gasteiger partial charge is 0.385 e. The highest BCUT2D eigenvalue weighted by atomic mass is 35.5. The summed E-state index contributed by atoms with van der Waals surface area (Å²) in [5.74, 6) is 2.09. The second-order valence-electron chi connectivity index (χ2n) is 4.25. The third-order valence-electron chi connectivity index (χ3n) is 2.86. The molecule has 0 aliphatic carbocycles. The van der Waals surface area contributed by atoms with Gasteiger partial charge in [0.15, 0.2) is 0 Å². The third-order valence-corrected chi connectivity index (χ3v) is 4.26. The Balaban J connectivity index is 2.14. The van der Waals surface area contributed by atoms with Crippen molar-refractivity contribution >= 4 is 35.0 Å². The lowest BCUT2D eigenvalue weighted by molar-refractivity contribution is 0.0942. The van der Waals surface area contributed by atoms with Crippen molar-refractivity contribution in [1.82, 2.24) is 5.32 Å². The summed E-state index contributed by atoms with van der Waals surface area (Å²) in [6.45, 7) is 2.78. The molecule has 1 aromatic rings. The quantitative estimate of drug-likeness (QED) is 0.893. The Bertz CT molecular complexity index is 433. The Morgan fingerprint density at radius 1 is 1.56 bits per heavy atom. The Labute approximate surface area is 117 Å². The third kappa shape index (κ3) is 3.33. The maximum absolute atomic E-state index is 12.2. The van der Waals surface area contributed by atoms with Crippen molar-refractivity contribution in [2.75, 3.05) is 23.4 Å². The highest BCUT2D eigenvalue weighted by Crippen LogP contribution is 2.22. The Kier molecular flexibility index (Phi) is 4.78. The molecule has 0 radical (unpaired) electrons.